The Balaban J connectivity index is 3.28. The van der Waals surface area contributed by atoms with E-state index in [1.165, 1.54) is 6.08 Å². The van der Waals surface area contributed by atoms with Crippen LogP contribution in [0.3, 0.4) is 0 Å². The summed E-state index contributed by atoms with van der Waals surface area (Å²) in [6, 6.07) is 8.70. The highest BCUT2D eigenvalue weighted by Gasteiger charge is 2.39. The first kappa shape index (κ1) is 13.0. The van der Waals surface area contributed by atoms with Crippen molar-refractivity contribution in [3.8, 4) is 0 Å². The Morgan fingerprint density at radius 2 is 1.94 bits per heavy atom. The van der Waals surface area contributed by atoms with Gasteiger partial charge in [-0.05, 0) is 12.0 Å². The number of carboxylic acids is 1. The van der Waals surface area contributed by atoms with Crippen molar-refractivity contribution >= 4 is 11.9 Å². The van der Waals surface area contributed by atoms with E-state index in [2.05, 4.69) is 6.58 Å². The van der Waals surface area contributed by atoms with Gasteiger partial charge in [0.1, 0.15) is 0 Å². The first-order valence-corrected chi connectivity index (χ1v) is 5.21. The smallest absolute Gasteiger partial charge is 0.304 e. The predicted molar refractivity (Wildman–Crippen MR) is 64.4 cm³/mol. The van der Waals surface area contributed by atoms with Crippen molar-refractivity contribution in [2.24, 2.45) is 5.73 Å². The highest BCUT2D eigenvalue weighted by molar-refractivity contribution is 5.91. The molecule has 0 aliphatic heterocycles. The van der Waals surface area contributed by atoms with Gasteiger partial charge in [-0.2, -0.15) is 0 Å². The van der Waals surface area contributed by atoms with Crippen LogP contribution < -0.4 is 5.73 Å². The topological polar surface area (TPSA) is 80.4 Å². The Bertz CT molecular complexity index is 428. The van der Waals surface area contributed by atoms with Crippen LogP contribution in [-0.4, -0.2) is 17.0 Å². The summed E-state index contributed by atoms with van der Waals surface area (Å²) >= 11 is 0. The molecule has 4 heteroatoms. The van der Waals surface area contributed by atoms with E-state index in [4.69, 9.17) is 10.8 Å². The summed E-state index contributed by atoms with van der Waals surface area (Å²) in [5.41, 5.74) is 4.78. The van der Waals surface area contributed by atoms with Gasteiger partial charge in [0.25, 0.3) is 0 Å². The van der Waals surface area contributed by atoms with Crippen molar-refractivity contribution in [1.29, 1.82) is 0 Å². The van der Waals surface area contributed by atoms with Crippen LogP contribution in [0.15, 0.2) is 43.0 Å². The first-order chi connectivity index (χ1) is 8.03. The fourth-order valence-electron chi connectivity index (χ4n) is 1.88. The van der Waals surface area contributed by atoms with E-state index in [0.29, 0.717) is 5.56 Å². The fraction of sp³-hybridized carbons (Fsp3) is 0.231. The van der Waals surface area contributed by atoms with E-state index < -0.39 is 17.3 Å². The molecule has 1 rings (SSSR count). The molecule has 1 unspecified atom stereocenters. The number of nitrogens with two attached hydrogens (primary N) is 1. The number of primary amides is 1. The molecule has 0 radical (unpaired) electrons. The number of amides is 1. The molecule has 17 heavy (non-hydrogen) atoms. The monoisotopic (exact) mass is 233 g/mol. The largest absolute Gasteiger partial charge is 0.481 e. The van der Waals surface area contributed by atoms with Crippen LogP contribution in [0, 0.1) is 0 Å². The van der Waals surface area contributed by atoms with E-state index in [1.54, 1.807) is 30.3 Å². The normalized spacial score (nSPS) is 13.6. The summed E-state index contributed by atoms with van der Waals surface area (Å²) in [5, 5.41) is 8.94. The molecule has 0 bridgehead atoms. The zero-order chi connectivity index (χ0) is 12.9. The molecule has 0 fully saturated rings. The van der Waals surface area contributed by atoms with Gasteiger partial charge in [0.05, 0.1) is 11.8 Å². The number of rotatable bonds is 6. The number of carbonyl (C=O) groups is 2. The minimum absolute atomic E-state index is 0.207. The number of aliphatic carboxylic acids is 1. The molecule has 0 aliphatic rings. The van der Waals surface area contributed by atoms with Crippen LogP contribution in [0.25, 0.3) is 0 Å². The third kappa shape index (κ3) is 2.72. The summed E-state index contributed by atoms with van der Waals surface area (Å²) in [5.74, 6) is -1.71. The van der Waals surface area contributed by atoms with E-state index in [9.17, 15) is 9.59 Å². The third-order valence-electron chi connectivity index (χ3n) is 2.74. The van der Waals surface area contributed by atoms with Gasteiger partial charge in [0, 0.05) is 0 Å². The van der Waals surface area contributed by atoms with Gasteiger partial charge in [-0.15, -0.1) is 6.58 Å². The minimum atomic E-state index is -1.21. The van der Waals surface area contributed by atoms with Crippen LogP contribution in [0.4, 0.5) is 0 Å². The zero-order valence-electron chi connectivity index (χ0n) is 9.43. The van der Waals surface area contributed by atoms with Gasteiger partial charge in [0.2, 0.25) is 5.91 Å². The van der Waals surface area contributed by atoms with Crippen molar-refractivity contribution in [1.82, 2.24) is 0 Å². The summed E-state index contributed by atoms with van der Waals surface area (Å²) in [6.45, 7) is 3.56. The maximum Gasteiger partial charge on any atom is 0.304 e. The Morgan fingerprint density at radius 3 is 2.35 bits per heavy atom. The molecule has 1 aromatic rings. The standard InChI is InChI=1S/C13H15NO3/c1-2-8-13(12(14)17,9-11(15)16)10-6-4-3-5-7-10/h2-7H,1,8-9H2,(H2,14,17)(H,15,16). The average Bonchev–Trinajstić information content (AvgIpc) is 2.28. The van der Waals surface area contributed by atoms with Crippen molar-refractivity contribution in [2.45, 2.75) is 18.3 Å². The van der Waals surface area contributed by atoms with Crippen molar-refractivity contribution in [3.05, 3.63) is 48.6 Å². The van der Waals surface area contributed by atoms with Crippen LogP contribution in [0.2, 0.25) is 0 Å². The fourth-order valence-corrected chi connectivity index (χ4v) is 1.88. The van der Waals surface area contributed by atoms with E-state index in [-0.39, 0.29) is 12.8 Å². The van der Waals surface area contributed by atoms with Crippen LogP contribution in [0.1, 0.15) is 18.4 Å². The third-order valence-corrected chi connectivity index (χ3v) is 2.74. The molecule has 3 N–H and O–H groups in total. The lowest BCUT2D eigenvalue weighted by Crippen LogP contribution is -2.42. The van der Waals surface area contributed by atoms with Gasteiger partial charge in [-0.1, -0.05) is 36.4 Å². The Hall–Kier alpha value is -2.10. The summed E-state index contributed by atoms with van der Waals surface area (Å²) < 4.78 is 0. The van der Waals surface area contributed by atoms with Crippen molar-refractivity contribution in [2.75, 3.05) is 0 Å². The molecule has 0 spiro atoms. The minimum Gasteiger partial charge on any atom is -0.481 e. The Kier molecular flexibility index (Phi) is 4.04. The highest BCUT2D eigenvalue weighted by Crippen LogP contribution is 2.32. The first-order valence-electron chi connectivity index (χ1n) is 5.21. The van der Waals surface area contributed by atoms with E-state index >= 15 is 0 Å². The number of carboxylic acid groups (broad SMARTS) is 1. The van der Waals surface area contributed by atoms with Gasteiger partial charge in [0.15, 0.2) is 0 Å². The lowest BCUT2D eigenvalue weighted by atomic mass is 9.74. The van der Waals surface area contributed by atoms with Gasteiger partial charge in [-0.3, -0.25) is 9.59 Å². The number of carbonyl (C=O) groups excluding carboxylic acids is 1. The SMILES string of the molecule is C=CCC(CC(=O)O)(C(N)=O)c1ccccc1. The summed E-state index contributed by atoms with van der Waals surface area (Å²) in [4.78, 5) is 22.6. The molecule has 0 aromatic heterocycles. The molecular formula is C13H15NO3. The molecule has 0 aliphatic carbocycles. The average molecular weight is 233 g/mol. The van der Waals surface area contributed by atoms with E-state index in [1.807, 2.05) is 0 Å². The second kappa shape index (κ2) is 5.30. The van der Waals surface area contributed by atoms with Crippen LogP contribution in [0.5, 0.6) is 0 Å². The quantitative estimate of drug-likeness (QED) is 0.730. The second-order valence-corrected chi connectivity index (χ2v) is 3.88. The predicted octanol–water partition coefficient (Wildman–Crippen LogP) is 1.46. The van der Waals surface area contributed by atoms with Crippen molar-refractivity contribution < 1.29 is 14.7 Å². The zero-order valence-corrected chi connectivity index (χ0v) is 9.43. The maximum atomic E-state index is 11.7. The molecular weight excluding hydrogens is 218 g/mol. The number of hydrogen-bond donors (Lipinski definition) is 2. The summed E-state index contributed by atoms with van der Waals surface area (Å²) in [6.07, 6.45) is 1.39. The van der Waals surface area contributed by atoms with Crippen LogP contribution in [-0.2, 0) is 15.0 Å². The number of benzene rings is 1. The maximum absolute atomic E-state index is 11.7. The Morgan fingerprint density at radius 1 is 1.35 bits per heavy atom. The molecule has 4 nitrogen and oxygen atoms in total. The molecule has 0 saturated heterocycles. The van der Waals surface area contributed by atoms with Gasteiger partial charge >= 0.3 is 5.97 Å². The number of hydrogen-bond acceptors (Lipinski definition) is 2. The lowest BCUT2D eigenvalue weighted by Gasteiger charge is -2.28. The van der Waals surface area contributed by atoms with Crippen LogP contribution >= 0.6 is 0 Å². The van der Waals surface area contributed by atoms with Gasteiger partial charge in [-0.25, -0.2) is 0 Å². The summed E-state index contributed by atoms with van der Waals surface area (Å²) in [7, 11) is 0. The molecule has 1 amide bonds. The van der Waals surface area contributed by atoms with Gasteiger partial charge < -0.3 is 10.8 Å². The molecule has 1 atom stereocenters. The van der Waals surface area contributed by atoms with Crippen molar-refractivity contribution in [3.63, 3.8) is 0 Å². The van der Waals surface area contributed by atoms with E-state index in [0.717, 1.165) is 0 Å². The molecule has 0 heterocycles. The molecule has 90 valence electrons. The lowest BCUT2D eigenvalue weighted by molar-refractivity contribution is -0.141. The molecule has 1 aromatic carbocycles. The Labute approximate surface area is 99.8 Å². The number of allylic oxidation sites excluding steroid dienone is 1. The second-order valence-electron chi connectivity index (χ2n) is 3.88. The molecule has 0 saturated carbocycles. The highest BCUT2D eigenvalue weighted by atomic mass is 16.4.